The molecule has 6 heteroatoms. The number of aliphatic hydroxyl groups excluding tert-OH is 5. The van der Waals surface area contributed by atoms with Gasteiger partial charge >= 0.3 is 0 Å². The summed E-state index contributed by atoms with van der Waals surface area (Å²) in [7, 11) is 0. The van der Waals surface area contributed by atoms with Crippen molar-refractivity contribution in [2.24, 2.45) is 0 Å². The summed E-state index contributed by atoms with van der Waals surface area (Å²) in [4.78, 5) is 0. The molecule has 0 aromatic carbocycles. The quantitative estimate of drug-likeness (QED) is 0.324. The molecule has 1 rings (SSSR count). The Hall–Kier alpha value is -0.240. The Morgan fingerprint density at radius 2 is 1.77 bits per heavy atom. The van der Waals surface area contributed by atoms with E-state index >= 15 is 0 Å². The van der Waals surface area contributed by atoms with Gasteiger partial charge in [0.25, 0.3) is 0 Å². The van der Waals surface area contributed by atoms with Crippen molar-refractivity contribution in [2.45, 2.75) is 30.5 Å². The Kier molecular flexibility index (Phi) is 3.60. The Morgan fingerprint density at radius 3 is 2.15 bits per heavy atom. The van der Waals surface area contributed by atoms with Gasteiger partial charge in [-0.3, -0.25) is 0 Å². The molecule has 0 spiro atoms. The molecule has 0 bridgehead atoms. The molecule has 0 unspecified atom stereocenters. The summed E-state index contributed by atoms with van der Waals surface area (Å²) in [5.41, 5.74) is 0. The Bertz CT molecular complexity index is 163. The van der Waals surface area contributed by atoms with Gasteiger partial charge in [-0.15, -0.1) is 0 Å². The van der Waals surface area contributed by atoms with Crippen LogP contribution < -0.4 is 0 Å². The normalized spacial score (nSPS) is 42.2. The highest BCUT2D eigenvalue weighted by Gasteiger charge is 2.45. The van der Waals surface area contributed by atoms with Gasteiger partial charge in [-0.25, -0.2) is 0 Å². The van der Waals surface area contributed by atoms with E-state index in [2.05, 4.69) is 0 Å². The molecule has 5 N–H and O–H groups in total. The van der Waals surface area contributed by atoms with Crippen LogP contribution >= 0.6 is 0 Å². The van der Waals surface area contributed by atoms with Crippen molar-refractivity contribution in [3.05, 3.63) is 0 Å². The number of rotatable bonds is 3. The monoisotopic (exact) mass is 194 g/mol. The maximum absolute atomic E-state index is 9.30. The molecule has 0 saturated carbocycles. The molecule has 78 valence electrons. The van der Waals surface area contributed by atoms with Gasteiger partial charge < -0.3 is 30.3 Å². The van der Waals surface area contributed by atoms with Crippen LogP contribution in [0.4, 0.5) is 0 Å². The van der Waals surface area contributed by atoms with Gasteiger partial charge in [0, 0.05) is 0 Å². The van der Waals surface area contributed by atoms with Gasteiger partial charge in [0.05, 0.1) is 13.2 Å². The van der Waals surface area contributed by atoms with Crippen molar-refractivity contribution >= 4 is 0 Å². The van der Waals surface area contributed by atoms with Crippen molar-refractivity contribution < 1.29 is 30.3 Å². The van der Waals surface area contributed by atoms with E-state index in [4.69, 9.17) is 20.1 Å². The topological polar surface area (TPSA) is 110 Å². The zero-order chi connectivity index (χ0) is 10.0. The molecule has 0 aromatic heterocycles. The maximum atomic E-state index is 9.30. The lowest BCUT2D eigenvalue weighted by molar-refractivity contribution is -0.0884. The smallest absolute Gasteiger partial charge is 0.115 e. The van der Waals surface area contributed by atoms with E-state index in [1.165, 1.54) is 0 Å². The van der Waals surface area contributed by atoms with Gasteiger partial charge in [-0.05, 0) is 0 Å². The lowest BCUT2D eigenvalue weighted by Crippen LogP contribution is -2.40. The lowest BCUT2D eigenvalue weighted by atomic mass is 10.0. The van der Waals surface area contributed by atoms with E-state index in [1.807, 2.05) is 0 Å². The first-order valence-electron chi connectivity index (χ1n) is 4.03. The largest absolute Gasteiger partial charge is 0.394 e. The summed E-state index contributed by atoms with van der Waals surface area (Å²) in [6.07, 6.45) is -5.70. The minimum absolute atomic E-state index is 0.438. The highest BCUT2D eigenvalue weighted by Crippen LogP contribution is 2.23. The van der Waals surface area contributed by atoms with Crippen LogP contribution in [0.3, 0.4) is 0 Å². The lowest BCUT2D eigenvalue weighted by Gasteiger charge is -2.18. The molecule has 1 aliphatic rings. The van der Waals surface area contributed by atoms with Gasteiger partial charge in [-0.1, -0.05) is 0 Å². The predicted molar refractivity (Wildman–Crippen MR) is 40.9 cm³/mol. The minimum atomic E-state index is -1.28. The van der Waals surface area contributed by atoms with Crippen molar-refractivity contribution in [3.63, 3.8) is 0 Å². The number of ether oxygens (including phenoxy) is 1. The molecule has 13 heavy (non-hydrogen) atoms. The second kappa shape index (κ2) is 4.32. The molecule has 1 aliphatic heterocycles. The first-order valence-corrected chi connectivity index (χ1v) is 4.03. The molecule has 0 radical (unpaired) electrons. The van der Waals surface area contributed by atoms with Gasteiger partial charge in [-0.2, -0.15) is 0 Å². The van der Waals surface area contributed by atoms with Crippen LogP contribution in [-0.4, -0.2) is 69.3 Å². The molecule has 6 nitrogen and oxygen atoms in total. The van der Waals surface area contributed by atoms with Crippen LogP contribution in [-0.2, 0) is 4.74 Å². The average Bonchev–Trinajstić information content (AvgIpc) is 2.43. The molecule has 0 aliphatic carbocycles. The Labute approximate surface area is 75.0 Å². The molecule has 5 atom stereocenters. The molecular formula is C7H14O6. The first kappa shape index (κ1) is 10.8. The molecule has 0 amide bonds. The third-order valence-corrected chi connectivity index (χ3v) is 2.15. The first-order chi connectivity index (χ1) is 6.11. The van der Waals surface area contributed by atoms with Crippen LogP contribution in [0, 0.1) is 0 Å². The van der Waals surface area contributed by atoms with Crippen LogP contribution in [0.15, 0.2) is 0 Å². The number of hydrogen-bond donors (Lipinski definition) is 5. The molecular weight excluding hydrogens is 180 g/mol. The summed E-state index contributed by atoms with van der Waals surface area (Å²) >= 11 is 0. The second-order valence-corrected chi connectivity index (χ2v) is 3.05. The molecule has 1 heterocycles. The maximum Gasteiger partial charge on any atom is 0.115 e. The van der Waals surface area contributed by atoms with Gasteiger partial charge in [0.15, 0.2) is 0 Å². The van der Waals surface area contributed by atoms with E-state index in [0.717, 1.165) is 0 Å². The van der Waals surface area contributed by atoms with E-state index in [0.29, 0.717) is 0 Å². The molecule has 1 saturated heterocycles. The average molecular weight is 194 g/mol. The summed E-state index contributed by atoms with van der Waals surface area (Å²) in [6, 6.07) is 0. The highest BCUT2D eigenvalue weighted by molar-refractivity contribution is 4.93. The van der Waals surface area contributed by atoms with Crippen molar-refractivity contribution in [2.75, 3.05) is 13.2 Å². The van der Waals surface area contributed by atoms with Gasteiger partial charge in [0.1, 0.15) is 30.5 Å². The number of hydrogen-bond acceptors (Lipinski definition) is 6. The standard InChI is InChI=1S/C7H14O6/c8-1-3(10)7-6(12)5(11)4(2-9)13-7/h3-12H,1-2H2/t3-,4-,5-,6+,7-/m1/s1. The van der Waals surface area contributed by atoms with Crippen LogP contribution in [0.2, 0.25) is 0 Å². The zero-order valence-electron chi connectivity index (χ0n) is 6.95. The summed E-state index contributed by atoms with van der Waals surface area (Å²) in [6.45, 7) is -1.00. The van der Waals surface area contributed by atoms with Crippen molar-refractivity contribution in [1.29, 1.82) is 0 Å². The summed E-state index contributed by atoms with van der Waals surface area (Å²) < 4.78 is 4.93. The molecule has 1 fully saturated rings. The third kappa shape index (κ3) is 1.98. The van der Waals surface area contributed by atoms with E-state index in [1.54, 1.807) is 0 Å². The van der Waals surface area contributed by atoms with E-state index in [9.17, 15) is 10.2 Å². The predicted octanol–water partition coefficient (Wildman–Crippen LogP) is -3.18. The second-order valence-electron chi connectivity index (χ2n) is 3.05. The fourth-order valence-corrected chi connectivity index (χ4v) is 1.35. The van der Waals surface area contributed by atoms with Crippen LogP contribution in [0.5, 0.6) is 0 Å². The van der Waals surface area contributed by atoms with Crippen molar-refractivity contribution in [3.8, 4) is 0 Å². The summed E-state index contributed by atoms with van der Waals surface area (Å²) in [5.74, 6) is 0. The van der Waals surface area contributed by atoms with E-state index < -0.39 is 43.7 Å². The van der Waals surface area contributed by atoms with Gasteiger partial charge in [0.2, 0.25) is 0 Å². The van der Waals surface area contributed by atoms with Crippen LogP contribution in [0.1, 0.15) is 0 Å². The fraction of sp³-hybridized carbons (Fsp3) is 1.00. The SMILES string of the molecule is OC[C@@H](O)[C@H]1O[C@H](CO)[C@@H](O)[C@@H]1O. The van der Waals surface area contributed by atoms with Crippen LogP contribution in [0.25, 0.3) is 0 Å². The van der Waals surface area contributed by atoms with E-state index in [-0.39, 0.29) is 0 Å². The minimum Gasteiger partial charge on any atom is -0.394 e. The fourth-order valence-electron chi connectivity index (χ4n) is 1.35. The highest BCUT2D eigenvalue weighted by atomic mass is 16.6. The Balaban J connectivity index is 2.60. The Morgan fingerprint density at radius 1 is 1.15 bits per heavy atom. The molecule has 0 aromatic rings. The zero-order valence-corrected chi connectivity index (χ0v) is 6.95. The van der Waals surface area contributed by atoms with Crippen molar-refractivity contribution in [1.82, 2.24) is 0 Å². The third-order valence-electron chi connectivity index (χ3n) is 2.15. The number of aliphatic hydroxyl groups is 5. The summed E-state index contributed by atoms with van der Waals surface area (Å²) in [5, 5.41) is 44.9.